The lowest BCUT2D eigenvalue weighted by molar-refractivity contribution is -0.129. The van der Waals surface area contributed by atoms with Gasteiger partial charge in [-0.05, 0) is 56.5 Å². The van der Waals surface area contributed by atoms with Crippen LogP contribution in [0, 0.1) is 17.2 Å². The van der Waals surface area contributed by atoms with Crippen molar-refractivity contribution in [3.8, 4) is 6.07 Å². The minimum atomic E-state index is -0.630. The van der Waals surface area contributed by atoms with Gasteiger partial charge in [-0.2, -0.15) is 5.26 Å². The van der Waals surface area contributed by atoms with E-state index >= 15 is 0 Å². The smallest absolute Gasteiger partial charge is 0.225 e. The Hall–Kier alpha value is -3.43. The number of piperidine rings is 1. The monoisotopic (exact) mass is 441 g/mol. The van der Waals surface area contributed by atoms with E-state index in [-0.39, 0.29) is 17.9 Å². The quantitative estimate of drug-likeness (QED) is 0.572. The Morgan fingerprint density at radius 3 is 2.70 bits per heavy atom. The van der Waals surface area contributed by atoms with Crippen molar-refractivity contribution in [2.24, 2.45) is 5.92 Å². The maximum atomic E-state index is 13.5. The molecule has 6 nitrogen and oxygen atoms in total. The van der Waals surface area contributed by atoms with Gasteiger partial charge in [0.15, 0.2) is 0 Å². The molecule has 2 N–H and O–H groups in total. The van der Waals surface area contributed by atoms with Crippen LogP contribution in [-0.4, -0.2) is 33.9 Å². The number of nitrogens with one attached hydrogen (secondary N) is 2. The predicted octanol–water partition coefficient (Wildman–Crippen LogP) is 4.33. The number of likely N-dealkylation sites (tertiary alicyclic amines) is 1. The van der Waals surface area contributed by atoms with Gasteiger partial charge in [0.1, 0.15) is 0 Å². The van der Waals surface area contributed by atoms with Gasteiger partial charge in [0, 0.05) is 19.0 Å². The number of carbonyl (C=O) groups excluding carboxylic acids is 1. The molecular weight excluding hydrogens is 410 g/mol. The maximum Gasteiger partial charge on any atom is 0.225 e. The fourth-order valence-electron chi connectivity index (χ4n) is 4.76. The first-order valence-corrected chi connectivity index (χ1v) is 11.6. The summed E-state index contributed by atoms with van der Waals surface area (Å²) in [5.74, 6) is 0.0128. The summed E-state index contributed by atoms with van der Waals surface area (Å²) < 4.78 is 0. The second-order valence-electron chi connectivity index (χ2n) is 9.19. The molecule has 0 spiro atoms. The van der Waals surface area contributed by atoms with Crippen LogP contribution < -0.4 is 5.32 Å². The van der Waals surface area contributed by atoms with Crippen LogP contribution in [0.1, 0.15) is 55.1 Å². The van der Waals surface area contributed by atoms with Gasteiger partial charge in [0.05, 0.1) is 41.3 Å². The van der Waals surface area contributed by atoms with Crippen molar-refractivity contribution in [2.75, 3.05) is 13.1 Å². The molecule has 3 atom stereocenters. The average Bonchev–Trinajstić information content (AvgIpc) is 3.41. The third-order valence-corrected chi connectivity index (χ3v) is 6.79. The first kappa shape index (κ1) is 22.8. The van der Waals surface area contributed by atoms with Gasteiger partial charge in [0.2, 0.25) is 5.91 Å². The Balaban J connectivity index is 1.49. The van der Waals surface area contributed by atoms with E-state index in [9.17, 15) is 4.79 Å². The summed E-state index contributed by atoms with van der Waals surface area (Å²) in [6.07, 6.45) is 5.91. The molecular formula is C27H31N5O. The predicted molar refractivity (Wildman–Crippen MR) is 128 cm³/mol. The van der Waals surface area contributed by atoms with Crippen molar-refractivity contribution in [3.63, 3.8) is 0 Å². The molecule has 2 aromatic carbocycles. The maximum absolute atomic E-state index is 13.5. The van der Waals surface area contributed by atoms with Crippen LogP contribution in [0.5, 0.6) is 0 Å². The third-order valence-electron chi connectivity index (χ3n) is 6.79. The highest BCUT2D eigenvalue weighted by Gasteiger charge is 2.35. The lowest BCUT2D eigenvalue weighted by Crippen LogP contribution is -2.51. The van der Waals surface area contributed by atoms with Crippen LogP contribution in [0.3, 0.4) is 0 Å². The molecule has 0 saturated carbocycles. The first-order chi connectivity index (χ1) is 16.0. The Labute approximate surface area is 195 Å². The van der Waals surface area contributed by atoms with Crippen LogP contribution in [0.2, 0.25) is 0 Å². The molecule has 6 heteroatoms. The molecule has 1 fully saturated rings. The third kappa shape index (κ3) is 5.32. The van der Waals surface area contributed by atoms with Gasteiger partial charge in [-0.25, -0.2) is 4.98 Å². The molecule has 1 aromatic heterocycles. The zero-order chi connectivity index (χ0) is 23.3. The summed E-state index contributed by atoms with van der Waals surface area (Å²) >= 11 is 0. The summed E-state index contributed by atoms with van der Waals surface area (Å²) in [5.41, 5.74) is 3.19. The molecule has 1 aliphatic rings. The average molecular weight is 442 g/mol. The largest absolute Gasteiger partial charge is 0.347 e. The topological polar surface area (TPSA) is 84.8 Å². The standard InChI is InChI=1S/C27H31N5O/c1-20(23-7-4-3-5-8-23)32-14-6-9-24(18-32)26(33)31-27(2,25-17-29-19-30-25)15-21-10-12-22(16-28)13-11-21/h3-5,7-8,10-13,17,19-20,24H,6,9,14-15,18H2,1-2H3,(H,29,30)(H,31,33)/t20?,24-,27?/m0/s1. The van der Waals surface area contributed by atoms with Gasteiger partial charge < -0.3 is 10.3 Å². The molecule has 1 saturated heterocycles. The van der Waals surface area contributed by atoms with E-state index in [1.54, 1.807) is 12.5 Å². The van der Waals surface area contributed by atoms with E-state index in [4.69, 9.17) is 5.26 Å². The highest BCUT2D eigenvalue weighted by atomic mass is 16.2. The highest BCUT2D eigenvalue weighted by Crippen LogP contribution is 2.29. The van der Waals surface area contributed by atoms with Crippen LogP contribution in [0.15, 0.2) is 67.1 Å². The second-order valence-corrected chi connectivity index (χ2v) is 9.19. The summed E-state index contributed by atoms with van der Waals surface area (Å²) in [6.45, 7) is 6.00. The Kier molecular flexibility index (Phi) is 6.90. The molecule has 0 aliphatic carbocycles. The highest BCUT2D eigenvalue weighted by molar-refractivity contribution is 5.80. The number of nitriles is 1. The minimum Gasteiger partial charge on any atom is -0.347 e. The van der Waals surface area contributed by atoms with Crippen molar-refractivity contribution in [3.05, 3.63) is 89.5 Å². The van der Waals surface area contributed by atoms with Crippen LogP contribution >= 0.6 is 0 Å². The van der Waals surface area contributed by atoms with Crippen LogP contribution in [0.4, 0.5) is 0 Å². The molecule has 2 unspecified atom stereocenters. The van der Waals surface area contributed by atoms with Crippen LogP contribution in [-0.2, 0) is 16.8 Å². The number of benzene rings is 2. The minimum absolute atomic E-state index is 0.0619. The van der Waals surface area contributed by atoms with Crippen molar-refractivity contribution >= 4 is 5.91 Å². The van der Waals surface area contributed by atoms with Crippen molar-refractivity contribution < 1.29 is 4.79 Å². The number of aromatic nitrogens is 2. The molecule has 1 aliphatic heterocycles. The molecule has 0 radical (unpaired) electrons. The Bertz CT molecular complexity index is 1090. The number of nitrogens with zero attached hydrogens (tertiary/aromatic N) is 3. The van der Waals surface area contributed by atoms with Gasteiger partial charge in [-0.3, -0.25) is 9.69 Å². The number of hydrogen-bond acceptors (Lipinski definition) is 4. The number of rotatable bonds is 7. The zero-order valence-electron chi connectivity index (χ0n) is 19.3. The summed E-state index contributed by atoms with van der Waals surface area (Å²) in [4.78, 5) is 23.3. The summed E-state index contributed by atoms with van der Waals surface area (Å²) in [5, 5.41) is 12.4. The lowest BCUT2D eigenvalue weighted by atomic mass is 9.87. The van der Waals surface area contributed by atoms with Gasteiger partial charge in [-0.15, -0.1) is 0 Å². The van der Waals surface area contributed by atoms with Crippen LogP contribution in [0.25, 0.3) is 0 Å². The first-order valence-electron chi connectivity index (χ1n) is 11.6. The second kappa shape index (κ2) is 10.0. The molecule has 2 heterocycles. The van der Waals surface area contributed by atoms with Gasteiger partial charge in [-0.1, -0.05) is 42.5 Å². The lowest BCUT2D eigenvalue weighted by Gasteiger charge is -2.38. The molecule has 170 valence electrons. The summed E-state index contributed by atoms with van der Waals surface area (Å²) in [7, 11) is 0. The van der Waals surface area contributed by atoms with Crippen molar-refractivity contribution in [1.82, 2.24) is 20.2 Å². The number of hydrogen-bond donors (Lipinski definition) is 2. The molecule has 1 amide bonds. The van der Waals surface area contributed by atoms with E-state index in [0.29, 0.717) is 12.0 Å². The number of amides is 1. The zero-order valence-corrected chi connectivity index (χ0v) is 19.3. The Morgan fingerprint density at radius 2 is 2.03 bits per heavy atom. The van der Waals surface area contributed by atoms with Gasteiger partial charge >= 0.3 is 0 Å². The van der Waals surface area contributed by atoms with Gasteiger partial charge in [0.25, 0.3) is 0 Å². The molecule has 4 rings (SSSR count). The van der Waals surface area contributed by atoms with Crippen molar-refractivity contribution in [2.45, 2.75) is 44.7 Å². The fourth-order valence-corrected chi connectivity index (χ4v) is 4.76. The number of H-pyrrole nitrogens is 1. The van der Waals surface area contributed by atoms with E-state index in [1.807, 2.05) is 37.3 Å². The molecule has 3 aromatic rings. The number of aromatic amines is 1. The SMILES string of the molecule is CC(c1ccccc1)N1CCC[C@H](C(=O)NC(C)(Cc2ccc(C#N)cc2)c2cnc[nH]2)C1. The normalized spacial score (nSPS) is 19.2. The Morgan fingerprint density at radius 1 is 1.27 bits per heavy atom. The van der Waals surface area contributed by atoms with Crippen molar-refractivity contribution in [1.29, 1.82) is 5.26 Å². The molecule has 0 bridgehead atoms. The van der Waals surface area contributed by atoms with E-state index in [1.165, 1.54) is 5.56 Å². The van der Waals surface area contributed by atoms with E-state index in [2.05, 4.69) is 57.4 Å². The van der Waals surface area contributed by atoms with E-state index < -0.39 is 5.54 Å². The number of imidazole rings is 1. The fraction of sp³-hybridized carbons (Fsp3) is 0.370. The van der Waals surface area contributed by atoms with E-state index in [0.717, 1.165) is 37.2 Å². The summed E-state index contributed by atoms with van der Waals surface area (Å²) in [6, 6.07) is 20.4. The molecule has 33 heavy (non-hydrogen) atoms. The number of carbonyl (C=O) groups is 1.